The van der Waals surface area contributed by atoms with Gasteiger partial charge in [0.2, 0.25) is 5.91 Å². The molecule has 0 atom stereocenters. The molecule has 0 bridgehead atoms. The SMILES string of the molecule is Cc1cccc(NC(=S)NNC(=O)CCSc2ccccc2)c1C. The molecule has 0 aliphatic carbocycles. The smallest absolute Gasteiger partial charge is 0.239 e. The van der Waals surface area contributed by atoms with E-state index in [1.807, 2.05) is 62.4 Å². The summed E-state index contributed by atoms with van der Waals surface area (Å²) >= 11 is 6.86. The van der Waals surface area contributed by atoms with Crippen LogP contribution in [-0.2, 0) is 4.79 Å². The van der Waals surface area contributed by atoms with Crippen LogP contribution in [0.2, 0.25) is 0 Å². The van der Waals surface area contributed by atoms with E-state index in [0.717, 1.165) is 16.1 Å². The van der Waals surface area contributed by atoms with Gasteiger partial charge < -0.3 is 5.32 Å². The number of rotatable bonds is 5. The lowest BCUT2D eigenvalue weighted by Crippen LogP contribution is -2.43. The maximum atomic E-state index is 11.8. The van der Waals surface area contributed by atoms with Crippen molar-refractivity contribution in [2.75, 3.05) is 11.1 Å². The van der Waals surface area contributed by atoms with E-state index in [4.69, 9.17) is 12.2 Å². The minimum Gasteiger partial charge on any atom is -0.331 e. The molecule has 0 aromatic heterocycles. The number of benzene rings is 2. The van der Waals surface area contributed by atoms with Crippen molar-refractivity contribution in [1.82, 2.24) is 10.9 Å². The van der Waals surface area contributed by atoms with Crippen molar-refractivity contribution >= 4 is 40.7 Å². The number of hydrogen-bond donors (Lipinski definition) is 3. The third-order valence-corrected chi connectivity index (χ3v) is 4.73. The fraction of sp³-hybridized carbons (Fsp3) is 0.222. The van der Waals surface area contributed by atoms with Crippen LogP contribution in [0.1, 0.15) is 17.5 Å². The second-order valence-electron chi connectivity index (χ2n) is 5.29. The van der Waals surface area contributed by atoms with Gasteiger partial charge in [0.15, 0.2) is 5.11 Å². The number of amides is 1. The van der Waals surface area contributed by atoms with E-state index in [1.54, 1.807) is 11.8 Å². The van der Waals surface area contributed by atoms with Gasteiger partial charge in [0.05, 0.1) is 0 Å². The molecule has 0 aliphatic heterocycles. The minimum atomic E-state index is -0.0939. The van der Waals surface area contributed by atoms with E-state index in [2.05, 4.69) is 16.2 Å². The molecule has 126 valence electrons. The van der Waals surface area contributed by atoms with Crippen LogP contribution in [0.3, 0.4) is 0 Å². The summed E-state index contributed by atoms with van der Waals surface area (Å²) in [6.45, 7) is 4.07. The van der Waals surface area contributed by atoms with Crippen LogP contribution in [0.4, 0.5) is 5.69 Å². The lowest BCUT2D eigenvalue weighted by atomic mass is 10.1. The Hall–Kier alpha value is -2.05. The average Bonchev–Trinajstić information content (AvgIpc) is 2.58. The average molecular weight is 360 g/mol. The third-order valence-electron chi connectivity index (χ3n) is 3.51. The topological polar surface area (TPSA) is 53.2 Å². The Morgan fingerprint density at radius 3 is 2.54 bits per heavy atom. The summed E-state index contributed by atoms with van der Waals surface area (Å²) in [4.78, 5) is 13.0. The van der Waals surface area contributed by atoms with Gasteiger partial charge in [-0.1, -0.05) is 30.3 Å². The van der Waals surface area contributed by atoms with Gasteiger partial charge in [-0.3, -0.25) is 15.6 Å². The van der Waals surface area contributed by atoms with Gasteiger partial charge in [-0.2, -0.15) is 0 Å². The number of aryl methyl sites for hydroxylation is 1. The first-order valence-electron chi connectivity index (χ1n) is 7.66. The van der Waals surface area contributed by atoms with Crippen molar-refractivity contribution in [3.05, 3.63) is 59.7 Å². The molecule has 24 heavy (non-hydrogen) atoms. The monoisotopic (exact) mass is 359 g/mol. The molecule has 0 unspecified atom stereocenters. The lowest BCUT2D eigenvalue weighted by molar-refractivity contribution is -0.121. The van der Waals surface area contributed by atoms with Crippen molar-refractivity contribution in [3.8, 4) is 0 Å². The summed E-state index contributed by atoms with van der Waals surface area (Å²) in [5.41, 5.74) is 8.60. The molecular formula is C18H21N3OS2. The van der Waals surface area contributed by atoms with E-state index in [0.29, 0.717) is 17.3 Å². The Balaban J connectivity index is 1.69. The van der Waals surface area contributed by atoms with Crippen LogP contribution in [0, 0.1) is 13.8 Å². The molecule has 4 nitrogen and oxygen atoms in total. The van der Waals surface area contributed by atoms with Crippen LogP contribution >= 0.6 is 24.0 Å². The highest BCUT2D eigenvalue weighted by Crippen LogP contribution is 2.18. The van der Waals surface area contributed by atoms with E-state index < -0.39 is 0 Å². The third kappa shape index (κ3) is 5.86. The number of anilines is 1. The first kappa shape index (κ1) is 18.3. The summed E-state index contributed by atoms with van der Waals surface area (Å²) in [7, 11) is 0. The maximum absolute atomic E-state index is 11.8. The van der Waals surface area contributed by atoms with E-state index in [-0.39, 0.29) is 5.91 Å². The van der Waals surface area contributed by atoms with Gasteiger partial charge in [0.25, 0.3) is 0 Å². The van der Waals surface area contributed by atoms with Crippen molar-refractivity contribution in [1.29, 1.82) is 0 Å². The predicted molar refractivity (Wildman–Crippen MR) is 105 cm³/mol. The number of carbonyl (C=O) groups excluding carboxylic acids is 1. The molecule has 6 heteroatoms. The van der Waals surface area contributed by atoms with Gasteiger partial charge in [0.1, 0.15) is 0 Å². The number of carbonyl (C=O) groups is 1. The molecule has 2 aromatic rings. The molecule has 1 amide bonds. The Morgan fingerprint density at radius 2 is 1.79 bits per heavy atom. The molecule has 0 saturated heterocycles. The highest BCUT2D eigenvalue weighted by molar-refractivity contribution is 7.99. The van der Waals surface area contributed by atoms with Gasteiger partial charge >= 0.3 is 0 Å². The Kier molecular flexibility index (Phi) is 7.08. The molecule has 0 fully saturated rings. The number of hydrogen-bond acceptors (Lipinski definition) is 3. The Bertz CT molecular complexity index is 705. The second kappa shape index (κ2) is 9.30. The number of thioether (sulfide) groups is 1. The van der Waals surface area contributed by atoms with Crippen LogP contribution in [0.15, 0.2) is 53.4 Å². The van der Waals surface area contributed by atoms with Crippen LogP contribution in [0.5, 0.6) is 0 Å². The van der Waals surface area contributed by atoms with Crippen molar-refractivity contribution < 1.29 is 4.79 Å². The van der Waals surface area contributed by atoms with Gasteiger partial charge in [-0.25, -0.2) is 0 Å². The van der Waals surface area contributed by atoms with Crippen molar-refractivity contribution in [3.63, 3.8) is 0 Å². The molecular weight excluding hydrogens is 338 g/mol. The maximum Gasteiger partial charge on any atom is 0.239 e. The number of hydrazine groups is 1. The molecule has 3 N–H and O–H groups in total. The van der Waals surface area contributed by atoms with Crippen LogP contribution < -0.4 is 16.2 Å². The fourth-order valence-electron chi connectivity index (χ4n) is 2.01. The first-order valence-corrected chi connectivity index (χ1v) is 9.05. The van der Waals surface area contributed by atoms with E-state index in [9.17, 15) is 4.79 Å². The number of nitrogens with one attached hydrogen (secondary N) is 3. The van der Waals surface area contributed by atoms with Crippen molar-refractivity contribution in [2.45, 2.75) is 25.2 Å². The molecule has 0 heterocycles. The van der Waals surface area contributed by atoms with Gasteiger partial charge in [-0.05, 0) is 55.4 Å². The highest BCUT2D eigenvalue weighted by Gasteiger charge is 2.05. The van der Waals surface area contributed by atoms with Crippen molar-refractivity contribution in [2.24, 2.45) is 0 Å². The second-order valence-corrected chi connectivity index (χ2v) is 6.86. The molecule has 0 spiro atoms. The summed E-state index contributed by atoms with van der Waals surface area (Å²) in [5.74, 6) is 0.623. The summed E-state index contributed by atoms with van der Waals surface area (Å²) in [5, 5.41) is 3.46. The fourth-order valence-corrected chi connectivity index (χ4v) is 3.04. The Morgan fingerprint density at radius 1 is 1.04 bits per heavy atom. The molecule has 0 radical (unpaired) electrons. The zero-order valence-corrected chi connectivity index (χ0v) is 15.4. The summed E-state index contributed by atoms with van der Waals surface area (Å²) in [6, 6.07) is 16.0. The van der Waals surface area contributed by atoms with E-state index in [1.165, 1.54) is 5.56 Å². The van der Waals surface area contributed by atoms with Gasteiger partial charge in [0, 0.05) is 22.8 Å². The number of thiocarbonyl (C=S) groups is 1. The van der Waals surface area contributed by atoms with E-state index >= 15 is 0 Å². The van der Waals surface area contributed by atoms with Crippen LogP contribution in [-0.4, -0.2) is 16.8 Å². The molecule has 2 rings (SSSR count). The molecule has 2 aromatic carbocycles. The van der Waals surface area contributed by atoms with Crippen LogP contribution in [0.25, 0.3) is 0 Å². The molecule has 0 aliphatic rings. The zero-order chi connectivity index (χ0) is 17.4. The Labute approximate surface area is 152 Å². The first-order chi connectivity index (χ1) is 11.6. The minimum absolute atomic E-state index is 0.0939. The summed E-state index contributed by atoms with van der Waals surface area (Å²) in [6.07, 6.45) is 0.415. The summed E-state index contributed by atoms with van der Waals surface area (Å²) < 4.78 is 0. The normalized spacial score (nSPS) is 10.1. The predicted octanol–water partition coefficient (Wildman–Crippen LogP) is 3.80. The standard InChI is InChI=1S/C18H21N3OS2/c1-13-7-6-10-16(14(13)2)19-18(23)21-20-17(22)11-12-24-15-8-4-3-5-9-15/h3-10H,11-12H2,1-2H3,(H,20,22)(H2,19,21,23). The van der Waals surface area contributed by atoms with Gasteiger partial charge in [-0.15, -0.1) is 11.8 Å². The quantitative estimate of drug-likeness (QED) is 0.431. The molecule has 0 saturated carbocycles. The largest absolute Gasteiger partial charge is 0.331 e. The highest BCUT2D eigenvalue weighted by atomic mass is 32.2. The zero-order valence-electron chi connectivity index (χ0n) is 13.8. The lowest BCUT2D eigenvalue weighted by Gasteiger charge is -2.14.